The molecule has 3 N–H and O–H groups in total. The molecule has 1 atom stereocenters. The Bertz CT molecular complexity index is 924. The Labute approximate surface area is 161 Å². The van der Waals surface area contributed by atoms with E-state index in [1.165, 1.54) is 22.6 Å². The molecule has 1 amide bonds. The van der Waals surface area contributed by atoms with E-state index < -0.39 is 4.92 Å². The summed E-state index contributed by atoms with van der Waals surface area (Å²) in [6, 6.07) is 18.3. The molecule has 0 spiro atoms. The van der Waals surface area contributed by atoms with Crippen LogP contribution in [0.5, 0.6) is 0 Å². The number of amides is 1. The van der Waals surface area contributed by atoms with Gasteiger partial charge in [-0.3, -0.25) is 14.9 Å². The minimum atomic E-state index is -0.480. The van der Waals surface area contributed by atoms with Gasteiger partial charge in [0.25, 0.3) is 11.6 Å². The van der Waals surface area contributed by atoms with Gasteiger partial charge >= 0.3 is 0 Å². The van der Waals surface area contributed by atoms with Crippen molar-refractivity contribution >= 4 is 28.6 Å². The van der Waals surface area contributed by atoms with Crippen LogP contribution in [0.3, 0.4) is 0 Å². The fourth-order valence-corrected chi connectivity index (χ4v) is 3.64. The first-order valence-corrected chi connectivity index (χ1v) is 9.38. The number of rotatable bonds is 7. The molecule has 1 heterocycles. The van der Waals surface area contributed by atoms with E-state index in [0.717, 1.165) is 5.56 Å². The zero-order valence-corrected chi connectivity index (χ0v) is 15.6. The first kappa shape index (κ1) is 18.8. The number of benzene rings is 2. The number of nitrogens with one attached hydrogen (secondary N) is 1. The highest BCUT2D eigenvalue weighted by Gasteiger charge is 2.20. The van der Waals surface area contributed by atoms with Gasteiger partial charge < -0.3 is 10.6 Å². The zero-order valence-electron chi connectivity index (χ0n) is 14.8. The lowest BCUT2D eigenvalue weighted by atomic mass is 10.0. The molecule has 0 unspecified atom stereocenters. The highest BCUT2D eigenvalue weighted by atomic mass is 32.1. The van der Waals surface area contributed by atoms with Crippen molar-refractivity contribution in [2.75, 3.05) is 11.9 Å². The molecule has 0 fully saturated rings. The summed E-state index contributed by atoms with van der Waals surface area (Å²) in [5, 5.41) is 17.6. The van der Waals surface area contributed by atoms with Crippen LogP contribution in [-0.4, -0.2) is 17.4 Å². The van der Waals surface area contributed by atoms with Crippen molar-refractivity contribution in [3.8, 4) is 0 Å². The minimum absolute atomic E-state index is 0.0291. The van der Waals surface area contributed by atoms with E-state index in [9.17, 15) is 14.9 Å². The Morgan fingerprint density at radius 1 is 1.19 bits per heavy atom. The number of nitrogens with two attached hydrogens (primary N) is 1. The van der Waals surface area contributed by atoms with Crippen molar-refractivity contribution in [3.63, 3.8) is 0 Å². The van der Waals surface area contributed by atoms with Crippen molar-refractivity contribution in [1.29, 1.82) is 0 Å². The number of quaternary nitrogens is 1. The van der Waals surface area contributed by atoms with Crippen molar-refractivity contribution in [3.05, 3.63) is 92.2 Å². The smallest absolute Gasteiger partial charge is 0.279 e. The van der Waals surface area contributed by atoms with Crippen LogP contribution in [0, 0.1) is 17.0 Å². The van der Waals surface area contributed by atoms with Crippen molar-refractivity contribution < 1.29 is 15.0 Å². The summed E-state index contributed by atoms with van der Waals surface area (Å²) in [5.74, 6) is -0.204. The molecule has 3 rings (SSSR count). The summed E-state index contributed by atoms with van der Waals surface area (Å²) >= 11 is 1.65. The number of nitro groups is 1. The molecule has 3 aromatic rings. The van der Waals surface area contributed by atoms with Crippen molar-refractivity contribution in [2.45, 2.75) is 13.0 Å². The van der Waals surface area contributed by atoms with E-state index in [-0.39, 0.29) is 24.2 Å². The van der Waals surface area contributed by atoms with E-state index in [1.807, 2.05) is 23.7 Å². The summed E-state index contributed by atoms with van der Waals surface area (Å²) in [7, 11) is 0. The number of hydrogen-bond acceptors (Lipinski definition) is 4. The lowest BCUT2D eigenvalue weighted by Gasteiger charge is -2.15. The van der Waals surface area contributed by atoms with E-state index in [4.69, 9.17) is 0 Å². The first-order valence-electron chi connectivity index (χ1n) is 8.50. The number of anilines is 1. The van der Waals surface area contributed by atoms with Crippen LogP contribution in [0.15, 0.2) is 66.0 Å². The molecule has 0 saturated carbocycles. The summed E-state index contributed by atoms with van der Waals surface area (Å²) in [4.78, 5) is 23.9. The Morgan fingerprint density at radius 2 is 1.96 bits per heavy atom. The second-order valence-corrected chi connectivity index (χ2v) is 7.18. The molecular weight excluding hydrogens is 362 g/mol. The molecule has 0 aliphatic heterocycles. The predicted octanol–water partition coefficient (Wildman–Crippen LogP) is 3.26. The normalized spacial score (nSPS) is 11.7. The van der Waals surface area contributed by atoms with Gasteiger partial charge in [-0.2, -0.15) is 0 Å². The maximum atomic E-state index is 12.3. The zero-order chi connectivity index (χ0) is 19.2. The molecule has 2 aromatic carbocycles. The molecule has 138 valence electrons. The number of thiophene rings is 1. The van der Waals surface area contributed by atoms with Crippen LogP contribution < -0.4 is 10.6 Å². The quantitative estimate of drug-likeness (QED) is 0.486. The molecule has 0 aliphatic rings. The van der Waals surface area contributed by atoms with Gasteiger partial charge in [-0.1, -0.05) is 42.0 Å². The van der Waals surface area contributed by atoms with Crippen molar-refractivity contribution in [1.82, 2.24) is 0 Å². The molecule has 27 heavy (non-hydrogen) atoms. The van der Waals surface area contributed by atoms with Gasteiger partial charge in [0.2, 0.25) is 0 Å². The molecule has 1 aromatic heterocycles. The van der Waals surface area contributed by atoms with Gasteiger partial charge in [-0.25, -0.2) is 0 Å². The van der Waals surface area contributed by atoms with E-state index in [1.54, 1.807) is 23.5 Å². The van der Waals surface area contributed by atoms with Crippen molar-refractivity contribution in [2.24, 2.45) is 0 Å². The highest BCUT2D eigenvalue weighted by molar-refractivity contribution is 7.10. The summed E-state index contributed by atoms with van der Waals surface area (Å²) in [6.07, 6.45) is 0. The summed E-state index contributed by atoms with van der Waals surface area (Å²) in [6.45, 7) is 2.25. The van der Waals surface area contributed by atoms with Gasteiger partial charge in [-0.05, 0) is 24.4 Å². The fraction of sp³-hybridized carbons (Fsp3) is 0.150. The third-order valence-electron chi connectivity index (χ3n) is 4.17. The number of nitro benzene ring substituents is 1. The van der Waals surface area contributed by atoms with Crippen LogP contribution >= 0.6 is 11.3 Å². The minimum Gasteiger partial charge on any atom is -0.328 e. The Balaban J connectivity index is 1.68. The molecular formula is C20H20N3O3S+. The molecule has 7 heteroatoms. The maximum absolute atomic E-state index is 12.3. The SMILES string of the molecule is Cc1ccc([C@H]([NH2+]CC(=O)Nc2cccc([N+](=O)[O-])c2)c2cccs2)cc1. The van der Waals surface area contributed by atoms with Gasteiger partial charge in [0.05, 0.1) is 9.80 Å². The van der Waals surface area contributed by atoms with E-state index in [2.05, 4.69) is 35.6 Å². The number of nitrogens with zero attached hydrogens (tertiary/aromatic N) is 1. The van der Waals surface area contributed by atoms with Crippen LogP contribution in [0.25, 0.3) is 0 Å². The Morgan fingerprint density at radius 3 is 2.63 bits per heavy atom. The van der Waals surface area contributed by atoms with Gasteiger partial charge in [-0.15, -0.1) is 11.3 Å². The number of carbonyl (C=O) groups excluding carboxylic acids is 1. The summed E-state index contributed by atoms with van der Waals surface area (Å²) in [5.41, 5.74) is 2.69. The van der Waals surface area contributed by atoms with E-state index >= 15 is 0 Å². The largest absolute Gasteiger partial charge is 0.328 e. The molecule has 0 aliphatic carbocycles. The topological polar surface area (TPSA) is 88.8 Å². The third kappa shape index (κ3) is 4.99. The van der Waals surface area contributed by atoms with Gasteiger partial charge in [0.15, 0.2) is 6.54 Å². The maximum Gasteiger partial charge on any atom is 0.279 e. The average Bonchev–Trinajstić information content (AvgIpc) is 3.18. The number of carbonyl (C=O) groups is 1. The Hall–Kier alpha value is -3.03. The lowest BCUT2D eigenvalue weighted by Crippen LogP contribution is -2.87. The molecule has 0 saturated heterocycles. The first-order chi connectivity index (χ1) is 13.0. The number of non-ortho nitro benzene ring substituents is 1. The molecule has 0 bridgehead atoms. The second-order valence-electron chi connectivity index (χ2n) is 6.20. The van der Waals surface area contributed by atoms with Crippen LogP contribution in [-0.2, 0) is 4.79 Å². The van der Waals surface area contributed by atoms with Crippen LogP contribution in [0.1, 0.15) is 22.0 Å². The number of aryl methyl sites for hydroxylation is 1. The predicted molar refractivity (Wildman–Crippen MR) is 106 cm³/mol. The fourth-order valence-electron chi connectivity index (χ4n) is 2.79. The number of hydrogen-bond donors (Lipinski definition) is 2. The standard InChI is InChI=1S/C20H19N3O3S/c1-14-7-9-15(10-8-14)20(18-6-3-11-27-18)21-13-19(24)22-16-4-2-5-17(12-16)23(25)26/h2-12,20-21H,13H2,1H3,(H,22,24)/p+1/t20-/m0/s1. The summed E-state index contributed by atoms with van der Waals surface area (Å²) < 4.78 is 0. The highest BCUT2D eigenvalue weighted by Crippen LogP contribution is 2.23. The average molecular weight is 382 g/mol. The van der Waals surface area contributed by atoms with Crippen LogP contribution in [0.2, 0.25) is 0 Å². The third-order valence-corrected chi connectivity index (χ3v) is 5.12. The van der Waals surface area contributed by atoms with Gasteiger partial charge in [0, 0.05) is 23.4 Å². The van der Waals surface area contributed by atoms with E-state index in [0.29, 0.717) is 5.69 Å². The Kier molecular flexibility index (Phi) is 5.95. The molecule has 0 radical (unpaired) electrons. The monoisotopic (exact) mass is 382 g/mol. The lowest BCUT2D eigenvalue weighted by molar-refractivity contribution is -0.675. The van der Waals surface area contributed by atoms with Gasteiger partial charge in [0.1, 0.15) is 6.04 Å². The van der Waals surface area contributed by atoms with Crippen LogP contribution in [0.4, 0.5) is 11.4 Å². The molecule has 6 nitrogen and oxygen atoms in total. The second kappa shape index (κ2) is 8.57.